The molecule has 2 amide bonds. The molecule has 2 aliphatic heterocycles. The highest BCUT2D eigenvalue weighted by molar-refractivity contribution is 8.00. The fourth-order valence-corrected chi connectivity index (χ4v) is 4.06. The van der Waals surface area contributed by atoms with Crippen molar-refractivity contribution < 1.29 is 9.59 Å². The first-order valence-electron chi connectivity index (χ1n) is 6.81. The number of benzene rings is 1. The lowest BCUT2D eigenvalue weighted by molar-refractivity contribution is -0.145. The second-order valence-electron chi connectivity index (χ2n) is 5.87. The molecule has 0 saturated carbocycles. The molecule has 0 aliphatic carbocycles. The minimum absolute atomic E-state index is 0.199. The maximum Gasteiger partial charge on any atom is 0.246 e. The minimum atomic E-state index is -0.622. The van der Waals surface area contributed by atoms with E-state index in [-0.39, 0.29) is 11.8 Å². The van der Waals surface area contributed by atoms with E-state index in [0.717, 1.165) is 13.0 Å². The number of carbonyl (C=O) groups excluding carboxylic acids is 2. The molecule has 4 nitrogen and oxygen atoms in total. The van der Waals surface area contributed by atoms with Gasteiger partial charge < -0.3 is 0 Å². The van der Waals surface area contributed by atoms with Crippen molar-refractivity contribution in [3.05, 3.63) is 29.8 Å². The molecule has 2 heterocycles. The molecule has 3 rings (SSSR count). The average Bonchev–Trinajstić information content (AvgIpc) is 2.78. The highest BCUT2D eigenvalue weighted by Gasteiger charge is 2.42. The smallest absolute Gasteiger partial charge is 0.246 e. The van der Waals surface area contributed by atoms with Crippen LogP contribution in [0.3, 0.4) is 0 Å². The van der Waals surface area contributed by atoms with E-state index in [4.69, 9.17) is 0 Å². The molecule has 20 heavy (non-hydrogen) atoms. The summed E-state index contributed by atoms with van der Waals surface area (Å²) in [6.07, 6.45) is 1.00. The van der Waals surface area contributed by atoms with E-state index in [1.165, 1.54) is 10.5 Å². The van der Waals surface area contributed by atoms with Crippen molar-refractivity contribution in [2.45, 2.75) is 36.0 Å². The normalized spacial score (nSPS) is 25.4. The van der Waals surface area contributed by atoms with Crippen molar-refractivity contribution in [1.82, 2.24) is 10.2 Å². The van der Waals surface area contributed by atoms with E-state index in [1.54, 1.807) is 0 Å². The molecule has 0 bridgehead atoms. The van der Waals surface area contributed by atoms with Crippen LogP contribution in [-0.4, -0.2) is 40.6 Å². The number of fused-ring (bicyclic) bond motifs is 1. The highest BCUT2D eigenvalue weighted by atomic mass is 32.2. The van der Waals surface area contributed by atoms with Crippen LogP contribution in [0.1, 0.15) is 19.4 Å². The SMILES string of the molecule is CC1(C)C(=O)NC(=O)CN1CC1Cc2ccccc2S1. The molecule has 0 aromatic heterocycles. The van der Waals surface area contributed by atoms with Gasteiger partial charge in [0, 0.05) is 16.7 Å². The number of nitrogens with zero attached hydrogens (tertiary/aromatic N) is 1. The molecule has 1 unspecified atom stereocenters. The van der Waals surface area contributed by atoms with Crippen LogP contribution in [0.5, 0.6) is 0 Å². The van der Waals surface area contributed by atoms with Gasteiger partial charge in [-0.1, -0.05) is 18.2 Å². The summed E-state index contributed by atoms with van der Waals surface area (Å²) in [5, 5.41) is 2.82. The molecule has 1 aromatic carbocycles. The fourth-order valence-electron chi connectivity index (χ4n) is 2.73. The topological polar surface area (TPSA) is 49.4 Å². The third-order valence-electron chi connectivity index (χ3n) is 4.07. The summed E-state index contributed by atoms with van der Waals surface area (Å²) in [7, 11) is 0. The summed E-state index contributed by atoms with van der Waals surface area (Å²) < 4.78 is 0. The van der Waals surface area contributed by atoms with Crippen molar-refractivity contribution >= 4 is 23.6 Å². The van der Waals surface area contributed by atoms with Gasteiger partial charge in [-0.25, -0.2) is 0 Å². The summed E-state index contributed by atoms with van der Waals surface area (Å²) in [6, 6.07) is 8.40. The lowest BCUT2D eigenvalue weighted by Crippen LogP contribution is -2.64. The van der Waals surface area contributed by atoms with Gasteiger partial charge in [-0.05, 0) is 31.9 Å². The second-order valence-corrected chi connectivity index (χ2v) is 7.21. The Morgan fingerprint density at radius 3 is 2.85 bits per heavy atom. The van der Waals surface area contributed by atoms with Crippen LogP contribution in [-0.2, 0) is 16.0 Å². The van der Waals surface area contributed by atoms with Crippen molar-refractivity contribution in [1.29, 1.82) is 0 Å². The molecule has 1 atom stereocenters. The first-order valence-corrected chi connectivity index (χ1v) is 7.68. The molecule has 1 fully saturated rings. The number of carbonyl (C=O) groups is 2. The number of hydrogen-bond acceptors (Lipinski definition) is 4. The molecular formula is C15H18N2O2S. The maximum absolute atomic E-state index is 11.9. The van der Waals surface area contributed by atoms with E-state index in [1.807, 2.05) is 30.5 Å². The Labute approximate surface area is 122 Å². The molecular weight excluding hydrogens is 272 g/mol. The van der Waals surface area contributed by atoms with Gasteiger partial charge in [-0.3, -0.25) is 19.8 Å². The monoisotopic (exact) mass is 290 g/mol. The van der Waals surface area contributed by atoms with Crippen molar-refractivity contribution in [3.63, 3.8) is 0 Å². The van der Waals surface area contributed by atoms with Gasteiger partial charge in [0.05, 0.1) is 12.1 Å². The molecule has 1 saturated heterocycles. The van der Waals surface area contributed by atoms with Crippen LogP contribution in [0.2, 0.25) is 0 Å². The summed E-state index contributed by atoms with van der Waals surface area (Å²) in [5.41, 5.74) is 0.747. The van der Waals surface area contributed by atoms with Gasteiger partial charge in [0.15, 0.2) is 0 Å². The zero-order valence-electron chi connectivity index (χ0n) is 11.7. The number of hydrogen-bond donors (Lipinski definition) is 1. The van der Waals surface area contributed by atoms with Gasteiger partial charge >= 0.3 is 0 Å². The van der Waals surface area contributed by atoms with E-state index >= 15 is 0 Å². The summed E-state index contributed by atoms with van der Waals surface area (Å²) in [6.45, 7) is 4.81. The van der Waals surface area contributed by atoms with Gasteiger partial charge in [0.25, 0.3) is 0 Å². The number of piperazine rings is 1. The quantitative estimate of drug-likeness (QED) is 0.837. The predicted octanol–water partition coefficient (Wildman–Crippen LogP) is 1.44. The standard InChI is InChI=1S/C15H18N2O2S/c1-15(2)14(19)16-13(18)9-17(15)8-11-7-10-5-3-4-6-12(10)20-11/h3-6,11H,7-9H2,1-2H3,(H,16,18,19). The Balaban J connectivity index is 1.72. The lowest BCUT2D eigenvalue weighted by Gasteiger charge is -2.41. The third kappa shape index (κ3) is 2.36. The Morgan fingerprint density at radius 2 is 2.10 bits per heavy atom. The summed E-state index contributed by atoms with van der Waals surface area (Å²) >= 11 is 1.85. The minimum Gasteiger partial charge on any atom is -0.294 e. The molecule has 0 radical (unpaired) electrons. The molecule has 1 N–H and O–H groups in total. The molecule has 1 aromatic rings. The number of imide groups is 1. The second kappa shape index (κ2) is 4.90. The van der Waals surface area contributed by atoms with E-state index in [9.17, 15) is 9.59 Å². The van der Waals surface area contributed by atoms with Crippen molar-refractivity contribution in [2.24, 2.45) is 0 Å². The highest BCUT2D eigenvalue weighted by Crippen LogP contribution is 2.38. The van der Waals surface area contributed by atoms with E-state index < -0.39 is 5.54 Å². The van der Waals surface area contributed by atoms with Gasteiger partial charge in [0.2, 0.25) is 11.8 Å². The van der Waals surface area contributed by atoms with E-state index in [0.29, 0.717) is 11.8 Å². The first kappa shape index (κ1) is 13.6. The number of nitrogens with one attached hydrogen (secondary N) is 1. The Hall–Kier alpha value is -1.33. The molecule has 5 heteroatoms. The van der Waals surface area contributed by atoms with Gasteiger partial charge in [-0.15, -0.1) is 11.8 Å². The average molecular weight is 290 g/mol. The summed E-state index contributed by atoms with van der Waals surface area (Å²) in [4.78, 5) is 26.9. The number of rotatable bonds is 2. The van der Waals surface area contributed by atoms with Crippen LogP contribution in [0, 0.1) is 0 Å². The molecule has 0 spiro atoms. The van der Waals surface area contributed by atoms with E-state index in [2.05, 4.69) is 29.6 Å². The Kier molecular flexibility index (Phi) is 3.34. The fraction of sp³-hybridized carbons (Fsp3) is 0.467. The Morgan fingerprint density at radius 1 is 1.35 bits per heavy atom. The zero-order chi connectivity index (χ0) is 14.3. The molecule has 106 valence electrons. The van der Waals surface area contributed by atoms with Crippen LogP contribution in [0.25, 0.3) is 0 Å². The van der Waals surface area contributed by atoms with Gasteiger partial charge in [-0.2, -0.15) is 0 Å². The number of amides is 2. The van der Waals surface area contributed by atoms with Gasteiger partial charge in [0.1, 0.15) is 0 Å². The lowest BCUT2D eigenvalue weighted by atomic mass is 9.98. The molecule has 2 aliphatic rings. The largest absolute Gasteiger partial charge is 0.294 e. The first-order chi connectivity index (χ1) is 9.46. The van der Waals surface area contributed by atoms with Crippen molar-refractivity contribution in [3.8, 4) is 0 Å². The van der Waals surface area contributed by atoms with Crippen LogP contribution >= 0.6 is 11.8 Å². The Bertz CT molecular complexity index is 546. The third-order valence-corrected chi connectivity index (χ3v) is 5.37. The maximum atomic E-state index is 11.9. The van der Waals surface area contributed by atoms with Crippen LogP contribution in [0.4, 0.5) is 0 Å². The van der Waals surface area contributed by atoms with Crippen LogP contribution in [0.15, 0.2) is 29.2 Å². The van der Waals surface area contributed by atoms with Crippen molar-refractivity contribution in [2.75, 3.05) is 13.1 Å². The number of thioether (sulfide) groups is 1. The van der Waals surface area contributed by atoms with Crippen LogP contribution < -0.4 is 5.32 Å². The summed E-state index contributed by atoms with van der Waals surface area (Å²) in [5.74, 6) is -0.399. The predicted molar refractivity (Wildman–Crippen MR) is 78.6 cm³/mol. The zero-order valence-corrected chi connectivity index (χ0v) is 12.5.